The van der Waals surface area contributed by atoms with Gasteiger partial charge < -0.3 is 10.1 Å². The maximum absolute atomic E-state index is 13.5. The van der Waals surface area contributed by atoms with Crippen LogP contribution in [0.1, 0.15) is 5.56 Å². The summed E-state index contributed by atoms with van der Waals surface area (Å²) in [5.74, 6) is -1.06. The summed E-state index contributed by atoms with van der Waals surface area (Å²) in [4.78, 5) is 22.1. The van der Waals surface area contributed by atoms with Crippen molar-refractivity contribution in [3.63, 3.8) is 0 Å². The van der Waals surface area contributed by atoms with Crippen LogP contribution in [0.2, 0.25) is 0 Å². The van der Waals surface area contributed by atoms with Gasteiger partial charge in [0.15, 0.2) is 0 Å². The van der Waals surface area contributed by atoms with Gasteiger partial charge >= 0.3 is 6.09 Å². The molecule has 0 heterocycles. The molecule has 5 nitrogen and oxygen atoms in total. The minimum absolute atomic E-state index is 0.0357. The topological polar surface area (TPSA) is 58.6 Å². The first kappa shape index (κ1) is 14.2. The third-order valence-corrected chi connectivity index (χ3v) is 2.36. The summed E-state index contributed by atoms with van der Waals surface area (Å²) in [7, 11) is 1.42. The molecule has 0 fully saturated rings. The summed E-state index contributed by atoms with van der Waals surface area (Å²) in [6.07, 6.45) is -0.629. The number of carbonyl (C=O) groups excluding carboxylic acids is 2. The van der Waals surface area contributed by atoms with Crippen LogP contribution in [0.3, 0.4) is 0 Å². The van der Waals surface area contributed by atoms with Crippen molar-refractivity contribution in [2.45, 2.75) is 6.92 Å². The zero-order chi connectivity index (χ0) is 13.7. The quantitative estimate of drug-likeness (QED) is 0.679. The lowest BCUT2D eigenvalue weighted by Crippen LogP contribution is -2.24. The first-order chi connectivity index (χ1) is 8.49. The van der Waals surface area contributed by atoms with Crippen LogP contribution in [0, 0.1) is 6.92 Å². The average molecular weight is 275 g/mol. The Morgan fingerprint density at radius 1 is 1.50 bits per heavy atom. The highest BCUT2D eigenvalue weighted by Crippen LogP contribution is 2.25. The number of ether oxygens (including phenoxy) is 1. The van der Waals surface area contributed by atoms with E-state index in [0.717, 1.165) is 0 Å². The van der Waals surface area contributed by atoms with Crippen molar-refractivity contribution in [2.75, 3.05) is 18.0 Å². The lowest BCUT2D eigenvalue weighted by Gasteiger charge is -2.14. The predicted octanol–water partition coefficient (Wildman–Crippen LogP) is 2.17. The second-order valence-electron chi connectivity index (χ2n) is 3.40. The largest absolute Gasteiger partial charge is 0.412 e. The summed E-state index contributed by atoms with van der Waals surface area (Å²) >= 11 is 5.26. The second-order valence-corrected chi connectivity index (χ2v) is 3.66. The Kier molecular flexibility index (Phi) is 4.91. The molecule has 1 aromatic rings. The highest BCUT2D eigenvalue weighted by Gasteiger charge is 2.16. The van der Waals surface area contributed by atoms with E-state index < -0.39 is 17.9 Å². The summed E-state index contributed by atoms with van der Waals surface area (Å²) in [5, 5.41) is 2.24. The molecule has 0 unspecified atom stereocenters. The molecule has 1 aromatic carbocycles. The molecule has 18 heavy (non-hydrogen) atoms. The van der Waals surface area contributed by atoms with Gasteiger partial charge in [-0.3, -0.25) is 4.79 Å². The Morgan fingerprint density at radius 3 is 2.67 bits per heavy atom. The van der Waals surface area contributed by atoms with Gasteiger partial charge in [0.25, 0.3) is 5.91 Å². The number of halogens is 2. The van der Waals surface area contributed by atoms with Crippen molar-refractivity contribution < 1.29 is 18.8 Å². The summed E-state index contributed by atoms with van der Waals surface area (Å²) in [6.45, 7) is 1.58. The Labute approximate surface area is 108 Å². The Morgan fingerprint density at radius 2 is 2.17 bits per heavy atom. The average Bonchev–Trinajstić information content (AvgIpc) is 2.37. The van der Waals surface area contributed by atoms with Crippen molar-refractivity contribution in [1.82, 2.24) is 5.32 Å². The molecule has 2 amide bonds. The van der Waals surface area contributed by atoms with Crippen molar-refractivity contribution in [3.05, 3.63) is 23.8 Å². The summed E-state index contributed by atoms with van der Waals surface area (Å²) in [6, 6.07) is 4.16. The molecule has 0 saturated heterocycles. The number of amides is 2. The van der Waals surface area contributed by atoms with Crippen LogP contribution >= 0.6 is 11.6 Å². The van der Waals surface area contributed by atoms with Gasteiger partial charge in [-0.15, -0.1) is 16.7 Å². The molecular formula is C11H12ClFN2O3. The van der Waals surface area contributed by atoms with Crippen LogP contribution in [0.15, 0.2) is 18.2 Å². The van der Waals surface area contributed by atoms with E-state index in [1.807, 2.05) is 0 Å². The molecule has 98 valence electrons. The van der Waals surface area contributed by atoms with E-state index in [1.54, 1.807) is 6.92 Å². The SMILES string of the molecule is CNC(=O)Oc1ccc(N(F)C(=O)CCl)c(C)c1. The molecule has 0 spiro atoms. The lowest BCUT2D eigenvalue weighted by molar-refractivity contribution is -0.118. The molecule has 0 radical (unpaired) electrons. The fraction of sp³-hybridized carbons (Fsp3) is 0.273. The van der Waals surface area contributed by atoms with Crippen LogP contribution in [-0.4, -0.2) is 24.9 Å². The van der Waals surface area contributed by atoms with Crippen molar-refractivity contribution in [2.24, 2.45) is 0 Å². The lowest BCUT2D eigenvalue weighted by atomic mass is 10.2. The molecule has 0 aliphatic rings. The van der Waals surface area contributed by atoms with Gasteiger partial charge in [0.2, 0.25) is 0 Å². The molecule has 7 heteroatoms. The van der Waals surface area contributed by atoms with E-state index in [2.05, 4.69) is 5.32 Å². The van der Waals surface area contributed by atoms with Gasteiger partial charge in [0.05, 0.1) is 5.69 Å². The Balaban J connectivity index is 2.92. The van der Waals surface area contributed by atoms with Gasteiger partial charge in [-0.05, 0) is 30.7 Å². The Bertz CT molecular complexity index is 468. The van der Waals surface area contributed by atoms with E-state index >= 15 is 0 Å². The summed E-state index contributed by atoms with van der Waals surface area (Å²) < 4.78 is 18.4. The number of anilines is 1. The summed E-state index contributed by atoms with van der Waals surface area (Å²) in [5.41, 5.74) is 0.502. The Hall–Kier alpha value is -1.82. The van der Waals surface area contributed by atoms with Crippen LogP contribution in [0.25, 0.3) is 0 Å². The molecule has 0 saturated carbocycles. The number of nitrogens with zero attached hydrogens (tertiary/aromatic N) is 1. The molecule has 0 aliphatic carbocycles. The van der Waals surface area contributed by atoms with Crippen molar-refractivity contribution in [3.8, 4) is 5.75 Å². The normalized spacial score (nSPS) is 9.78. The molecular weight excluding hydrogens is 263 g/mol. The number of hydrogen-bond donors (Lipinski definition) is 1. The molecule has 1 N–H and O–H groups in total. The first-order valence-corrected chi connectivity index (χ1v) is 5.58. The smallest absolute Gasteiger partial charge is 0.410 e. The van der Waals surface area contributed by atoms with E-state index in [9.17, 15) is 14.1 Å². The van der Waals surface area contributed by atoms with Crippen LogP contribution in [0.4, 0.5) is 15.0 Å². The van der Waals surface area contributed by atoms with Gasteiger partial charge in [-0.25, -0.2) is 4.79 Å². The van der Waals surface area contributed by atoms with Gasteiger partial charge in [-0.1, -0.05) is 4.48 Å². The first-order valence-electron chi connectivity index (χ1n) is 5.04. The van der Waals surface area contributed by atoms with Crippen molar-refractivity contribution in [1.29, 1.82) is 0 Å². The van der Waals surface area contributed by atoms with Gasteiger partial charge in [0.1, 0.15) is 11.6 Å². The number of carbonyl (C=O) groups is 2. The molecule has 1 rings (SSSR count). The standard InChI is InChI=1S/C11H12ClFN2O3/c1-7-5-8(18-11(17)14-2)3-4-9(7)15(13)10(16)6-12/h3-5H,6H2,1-2H3,(H,14,17). The maximum Gasteiger partial charge on any atom is 0.412 e. The zero-order valence-corrected chi connectivity index (χ0v) is 10.6. The number of alkyl halides is 1. The number of nitrogens with one attached hydrogen (secondary N) is 1. The van der Waals surface area contributed by atoms with Crippen LogP contribution < -0.4 is 15.2 Å². The third kappa shape index (κ3) is 3.33. The zero-order valence-electron chi connectivity index (χ0n) is 9.87. The van der Waals surface area contributed by atoms with Crippen molar-refractivity contribution >= 4 is 29.3 Å². The van der Waals surface area contributed by atoms with Gasteiger partial charge in [0, 0.05) is 7.05 Å². The minimum atomic E-state index is -0.861. The van der Waals surface area contributed by atoms with E-state index in [4.69, 9.17) is 16.3 Å². The van der Waals surface area contributed by atoms with E-state index in [-0.39, 0.29) is 16.6 Å². The highest BCUT2D eigenvalue weighted by molar-refractivity contribution is 6.29. The monoisotopic (exact) mass is 274 g/mol. The number of rotatable bonds is 3. The molecule has 0 aromatic heterocycles. The fourth-order valence-corrected chi connectivity index (χ4v) is 1.36. The highest BCUT2D eigenvalue weighted by atomic mass is 35.5. The van der Waals surface area contributed by atoms with E-state index in [1.165, 1.54) is 25.2 Å². The number of benzene rings is 1. The van der Waals surface area contributed by atoms with E-state index in [0.29, 0.717) is 5.56 Å². The second kappa shape index (κ2) is 6.20. The fourth-order valence-electron chi connectivity index (χ4n) is 1.26. The number of hydrogen-bond acceptors (Lipinski definition) is 3. The molecule has 0 aliphatic heterocycles. The molecule has 0 atom stereocenters. The third-order valence-electron chi connectivity index (χ3n) is 2.13. The van der Waals surface area contributed by atoms with Gasteiger partial charge in [-0.2, -0.15) is 0 Å². The van der Waals surface area contributed by atoms with Crippen LogP contribution in [0.5, 0.6) is 5.75 Å². The maximum atomic E-state index is 13.5. The minimum Gasteiger partial charge on any atom is -0.410 e. The predicted molar refractivity (Wildman–Crippen MR) is 65.6 cm³/mol. The molecule has 0 bridgehead atoms. The van der Waals surface area contributed by atoms with Crippen LogP contribution in [-0.2, 0) is 4.79 Å². The number of aryl methyl sites for hydroxylation is 1.